The molecule has 3 nitrogen and oxygen atoms in total. The van der Waals surface area contributed by atoms with E-state index in [-0.39, 0.29) is 11.2 Å². The van der Waals surface area contributed by atoms with E-state index in [2.05, 4.69) is 4.74 Å². The summed E-state index contributed by atoms with van der Waals surface area (Å²) in [5.74, 6) is -0.185. The maximum atomic E-state index is 10.9. The van der Waals surface area contributed by atoms with Crippen LogP contribution in [0.3, 0.4) is 0 Å². The fourth-order valence-electron chi connectivity index (χ4n) is 0.626. The highest BCUT2D eigenvalue weighted by Gasteiger charge is 2.15. The smallest absolute Gasteiger partial charge is 0.318 e. The fraction of sp³-hybridized carbons (Fsp3) is 0.857. The van der Waals surface area contributed by atoms with E-state index in [0.29, 0.717) is 11.8 Å². The molecule has 2 atom stereocenters. The van der Waals surface area contributed by atoms with Crippen LogP contribution in [-0.4, -0.2) is 30.1 Å². The summed E-state index contributed by atoms with van der Waals surface area (Å²) in [7, 11) is 1.40. The lowest BCUT2D eigenvalue weighted by Crippen LogP contribution is -2.21. The van der Waals surface area contributed by atoms with E-state index in [1.807, 2.05) is 13.8 Å². The fourth-order valence-corrected chi connectivity index (χ4v) is 1.64. The molecule has 0 aliphatic rings. The van der Waals surface area contributed by atoms with Gasteiger partial charge in [0.05, 0.1) is 12.4 Å². The van der Waals surface area contributed by atoms with Crippen molar-refractivity contribution >= 4 is 17.7 Å². The Morgan fingerprint density at radius 2 is 2.18 bits per heavy atom. The number of nitrogens with two attached hydrogens (primary N) is 1. The van der Waals surface area contributed by atoms with Crippen LogP contribution < -0.4 is 5.73 Å². The third-order valence-electron chi connectivity index (χ3n) is 1.30. The molecule has 0 aromatic carbocycles. The van der Waals surface area contributed by atoms with Crippen molar-refractivity contribution in [2.75, 3.05) is 13.7 Å². The highest BCUT2D eigenvalue weighted by atomic mass is 32.2. The zero-order chi connectivity index (χ0) is 8.85. The number of hydrogen-bond donors (Lipinski definition) is 1. The standard InChI is InChI=1S/C7H15NO2S/c1-5(4-8)11-6(2)7(9)10-3/h5-6H,4,8H2,1-3H3. The van der Waals surface area contributed by atoms with Crippen molar-refractivity contribution in [2.45, 2.75) is 24.3 Å². The van der Waals surface area contributed by atoms with Crippen molar-refractivity contribution < 1.29 is 9.53 Å². The largest absolute Gasteiger partial charge is 0.468 e. The normalized spacial score (nSPS) is 15.6. The molecule has 0 radical (unpaired) electrons. The number of thioether (sulfide) groups is 1. The third-order valence-corrected chi connectivity index (χ3v) is 2.56. The Bertz CT molecular complexity index is 130. The molecule has 0 saturated heterocycles. The first-order chi connectivity index (χ1) is 5.11. The molecule has 0 spiro atoms. The molecule has 0 aromatic heterocycles. The summed E-state index contributed by atoms with van der Waals surface area (Å²) in [6.07, 6.45) is 0. The summed E-state index contributed by atoms with van der Waals surface area (Å²) in [4.78, 5) is 10.9. The number of methoxy groups -OCH3 is 1. The zero-order valence-corrected chi connectivity index (χ0v) is 7.98. The first-order valence-electron chi connectivity index (χ1n) is 3.55. The van der Waals surface area contributed by atoms with Crippen LogP contribution in [0.1, 0.15) is 13.8 Å². The molecule has 0 amide bonds. The molecule has 0 rings (SSSR count). The Balaban J connectivity index is 3.67. The Labute approximate surface area is 71.7 Å². The molecule has 2 unspecified atom stereocenters. The van der Waals surface area contributed by atoms with Gasteiger partial charge in [-0.2, -0.15) is 0 Å². The summed E-state index contributed by atoms with van der Waals surface area (Å²) < 4.78 is 4.56. The second-order valence-electron chi connectivity index (χ2n) is 2.35. The van der Waals surface area contributed by atoms with Gasteiger partial charge in [-0.05, 0) is 6.92 Å². The van der Waals surface area contributed by atoms with Crippen molar-refractivity contribution in [3.05, 3.63) is 0 Å². The van der Waals surface area contributed by atoms with Crippen molar-refractivity contribution in [2.24, 2.45) is 5.73 Å². The molecule has 66 valence electrons. The molecule has 11 heavy (non-hydrogen) atoms. The number of carbonyl (C=O) groups excluding carboxylic acids is 1. The van der Waals surface area contributed by atoms with E-state index in [1.165, 1.54) is 18.9 Å². The summed E-state index contributed by atoms with van der Waals surface area (Å²) in [6.45, 7) is 4.40. The highest BCUT2D eigenvalue weighted by Crippen LogP contribution is 2.16. The first kappa shape index (κ1) is 10.8. The number of hydrogen-bond acceptors (Lipinski definition) is 4. The van der Waals surface area contributed by atoms with Gasteiger partial charge in [0.2, 0.25) is 0 Å². The minimum Gasteiger partial charge on any atom is -0.468 e. The van der Waals surface area contributed by atoms with E-state index < -0.39 is 0 Å². The third kappa shape index (κ3) is 4.27. The van der Waals surface area contributed by atoms with Gasteiger partial charge in [-0.15, -0.1) is 11.8 Å². The molecule has 0 aliphatic heterocycles. The summed E-state index contributed by atoms with van der Waals surface area (Å²) in [5, 5.41) is 0.197. The van der Waals surface area contributed by atoms with Gasteiger partial charge in [0.25, 0.3) is 0 Å². The van der Waals surface area contributed by atoms with E-state index in [4.69, 9.17) is 5.73 Å². The van der Waals surface area contributed by atoms with E-state index >= 15 is 0 Å². The van der Waals surface area contributed by atoms with Gasteiger partial charge in [-0.3, -0.25) is 4.79 Å². The lowest BCUT2D eigenvalue weighted by molar-refractivity contribution is -0.139. The van der Waals surface area contributed by atoms with Crippen molar-refractivity contribution in [3.63, 3.8) is 0 Å². The van der Waals surface area contributed by atoms with Crippen LogP contribution in [0.5, 0.6) is 0 Å². The van der Waals surface area contributed by atoms with Gasteiger partial charge in [0, 0.05) is 11.8 Å². The van der Waals surface area contributed by atoms with Crippen LogP contribution in [0.4, 0.5) is 0 Å². The lowest BCUT2D eigenvalue weighted by atomic mass is 10.5. The monoisotopic (exact) mass is 177 g/mol. The summed E-state index contributed by atoms with van der Waals surface area (Å²) >= 11 is 1.53. The maximum absolute atomic E-state index is 10.9. The average Bonchev–Trinajstić information content (AvgIpc) is 2.02. The van der Waals surface area contributed by atoms with E-state index in [1.54, 1.807) is 0 Å². The predicted octanol–water partition coefficient (Wildman–Crippen LogP) is 0.628. The van der Waals surface area contributed by atoms with Gasteiger partial charge in [0.1, 0.15) is 0 Å². The molecule has 4 heteroatoms. The molecular weight excluding hydrogens is 162 g/mol. The molecule has 0 bridgehead atoms. The van der Waals surface area contributed by atoms with E-state index in [0.717, 1.165) is 0 Å². The maximum Gasteiger partial charge on any atom is 0.318 e. The second kappa shape index (κ2) is 5.43. The Morgan fingerprint density at radius 3 is 2.55 bits per heavy atom. The number of carbonyl (C=O) groups is 1. The van der Waals surface area contributed by atoms with Gasteiger partial charge in [0.15, 0.2) is 0 Å². The van der Waals surface area contributed by atoms with Crippen molar-refractivity contribution in [1.82, 2.24) is 0 Å². The van der Waals surface area contributed by atoms with Crippen molar-refractivity contribution in [3.8, 4) is 0 Å². The minimum absolute atomic E-state index is 0.112. The molecule has 0 aromatic rings. The SMILES string of the molecule is COC(=O)C(C)SC(C)CN. The lowest BCUT2D eigenvalue weighted by Gasteiger charge is -2.12. The molecular formula is C7H15NO2S. The number of ether oxygens (including phenoxy) is 1. The molecule has 0 saturated carbocycles. The second-order valence-corrected chi connectivity index (χ2v) is 4.13. The van der Waals surface area contributed by atoms with Gasteiger partial charge in [-0.25, -0.2) is 0 Å². The molecule has 0 aliphatic carbocycles. The van der Waals surface area contributed by atoms with Crippen LogP contribution in [0.2, 0.25) is 0 Å². The molecule has 0 heterocycles. The number of rotatable bonds is 4. The van der Waals surface area contributed by atoms with Crippen LogP contribution in [0.15, 0.2) is 0 Å². The van der Waals surface area contributed by atoms with Gasteiger partial charge in [-0.1, -0.05) is 6.92 Å². The van der Waals surface area contributed by atoms with Crippen LogP contribution in [0.25, 0.3) is 0 Å². The van der Waals surface area contributed by atoms with Crippen molar-refractivity contribution in [1.29, 1.82) is 0 Å². The van der Waals surface area contributed by atoms with Crippen LogP contribution >= 0.6 is 11.8 Å². The minimum atomic E-state index is -0.185. The van der Waals surface area contributed by atoms with Gasteiger partial charge < -0.3 is 10.5 Å². The Hall–Kier alpha value is -0.220. The molecule has 0 fully saturated rings. The summed E-state index contributed by atoms with van der Waals surface area (Å²) in [6, 6.07) is 0. The topological polar surface area (TPSA) is 52.3 Å². The predicted molar refractivity (Wildman–Crippen MR) is 47.6 cm³/mol. The average molecular weight is 177 g/mol. The molecule has 2 N–H and O–H groups in total. The Morgan fingerprint density at radius 1 is 1.64 bits per heavy atom. The van der Waals surface area contributed by atoms with Crippen LogP contribution in [0, 0.1) is 0 Å². The highest BCUT2D eigenvalue weighted by molar-refractivity contribution is 8.01. The quantitative estimate of drug-likeness (QED) is 0.640. The van der Waals surface area contributed by atoms with E-state index in [9.17, 15) is 4.79 Å². The Kier molecular flexibility index (Phi) is 5.32. The zero-order valence-electron chi connectivity index (χ0n) is 7.16. The first-order valence-corrected chi connectivity index (χ1v) is 4.49. The van der Waals surface area contributed by atoms with Gasteiger partial charge >= 0.3 is 5.97 Å². The van der Waals surface area contributed by atoms with Crippen LogP contribution in [-0.2, 0) is 9.53 Å². The summed E-state index contributed by atoms with van der Waals surface area (Å²) in [5.41, 5.74) is 5.39. The number of esters is 1.